The van der Waals surface area contributed by atoms with Crippen LogP contribution in [0.25, 0.3) is 11.3 Å². The molecular weight excluding hydrogens is 378 g/mol. The fourth-order valence-electron chi connectivity index (χ4n) is 3.62. The number of hydrogen-bond acceptors (Lipinski definition) is 5. The number of hydrogen-bond donors (Lipinski definition) is 1. The number of aromatic amines is 1. The zero-order chi connectivity index (χ0) is 20.3. The van der Waals surface area contributed by atoms with Gasteiger partial charge < -0.3 is 9.64 Å². The molecule has 0 unspecified atom stereocenters. The molecular formula is C23H19N5O2. The number of carbonyl (C=O) groups is 1. The maximum atomic E-state index is 13.2. The summed E-state index contributed by atoms with van der Waals surface area (Å²) in [5.41, 5.74) is 4.68. The molecule has 0 fully saturated rings. The van der Waals surface area contributed by atoms with Crippen molar-refractivity contribution in [1.82, 2.24) is 25.1 Å². The summed E-state index contributed by atoms with van der Waals surface area (Å²) in [5.74, 6) is 0.485. The second kappa shape index (κ2) is 7.79. The van der Waals surface area contributed by atoms with E-state index in [0.717, 1.165) is 28.9 Å². The van der Waals surface area contributed by atoms with E-state index < -0.39 is 0 Å². The smallest absolute Gasteiger partial charge is 0.321 e. The number of ether oxygens (including phenoxy) is 1. The lowest BCUT2D eigenvalue weighted by Gasteiger charge is -2.27. The van der Waals surface area contributed by atoms with Gasteiger partial charge in [-0.25, -0.2) is 9.97 Å². The van der Waals surface area contributed by atoms with Gasteiger partial charge in [0.25, 0.3) is 5.91 Å². The van der Waals surface area contributed by atoms with Crippen molar-refractivity contribution in [2.24, 2.45) is 0 Å². The highest BCUT2D eigenvalue weighted by molar-refractivity contribution is 5.94. The Balaban J connectivity index is 1.37. The van der Waals surface area contributed by atoms with Crippen LogP contribution in [0.3, 0.4) is 0 Å². The summed E-state index contributed by atoms with van der Waals surface area (Å²) in [6, 6.07) is 19.1. The standard InChI is InChI=1S/C23H19N5O2/c29-22(17-8-4-9-18(14-17)30-23-24-11-5-12-25-23)28-13-10-20-19(15-28)21(27-26-20)16-6-2-1-3-7-16/h1-9,11-12,14H,10,13,15H2,(H,26,27). The molecule has 2 aromatic carbocycles. The molecule has 4 aromatic rings. The minimum atomic E-state index is -0.0414. The van der Waals surface area contributed by atoms with E-state index in [2.05, 4.69) is 20.2 Å². The van der Waals surface area contributed by atoms with Gasteiger partial charge in [-0.15, -0.1) is 0 Å². The molecule has 0 saturated carbocycles. The highest BCUT2D eigenvalue weighted by Gasteiger charge is 2.26. The fraction of sp³-hybridized carbons (Fsp3) is 0.130. The number of aromatic nitrogens is 4. The highest BCUT2D eigenvalue weighted by atomic mass is 16.5. The second-order valence-electron chi connectivity index (χ2n) is 7.03. The van der Waals surface area contributed by atoms with Crippen LogP contribution in [0.4, 0.5) is 0 Å². The van der Waals surface area contributed by atoms with E-state index in [1.54, 1.807) is 42.7 Å². The first-order valence-electron chi connectivity index (χ1n) is 9.74. The molecule has 0 bridgehead atoms. The Hall–Kier alpha value is -4.00. The second-order valence-corrected chi connectivity index (χ2v) is 7.03. The maximum absolute atomic E-state index is 13.2. The monoisotopic (exact) mass is 397 g/mol. The number of benzene rings is 2. The average Bonchev–Trinajstić information content (AvgIpc) is 3.23. The third kappa shape index (κ3) is 3.53. The zero-order valence-corrected chi connectivity index (χ0v) is 16.2. The molecule has 0 radical (unpaired) electrons. The summed E-state index contributed by atoms with van der Waals surface area (Å²) < 4.78 is 5.67. The zero-order valence-electron chi connectivity index (χ0n) is 16.2. The third-order valence-electron chi connectivity index (χ3n) is 5.10. The first-order chi connectivity index (χ1) is 14.8. The Morgan fingerprint density at radius 3 is 2.67 bits per heavy atom. The Morgan fingerprint density at radius 2 is 1.83 bits per heavy atom. The SMILES string of the molecule is O=C(c1cccc(Oc2ncccn2)c1)N1CCc2[nH]nc(-c3ccccc3)c2C1. The lowest BCUT2D eigenvalue weighted by molar-refractivity contribution is 0.0734. The molecule has 3 heterocycles. The van der Waals surface area contributed by atoms with Crippen LogP contribution in [0.1, 0.15) is 21.6 Å². The molecule has 1 aliphatic rings. The fourth-order valence-corrected chi connectivity index (χ4v) is 3.62. The number of nitrogens with zero attached hydrogens (tertiary/aromatic N) is 4. The van der Waals surface area contributed by atoms with Crippen LogP contribution < -0.4 is 4.74 Å². The quantitative estimate of drug-likeness (QED) is 0.565. The van der Waals surface area contributed by atoms with Crippen molar-refractivity contribution in [3.63, 3.8) is 0 Å². The molecule has 2 aromatic heterocycles. The third-order valence-corrected chi connectivity index (χ3v) is 5.10. The molecule has 5 rings (SSSR count). The van der Waals surface area contributed by atoms with Crippen molar-refractivity contribution >= 4 is 5.91 Å². The molecule has 7 heteroatoms. The number of fused-ring (bicyclic) bond motifs is 1. The van der Waals surface area contributed by atoms with Gasteiger partial charge in [0.05, 0.1) is 5.69 Å². The van der Waals surface area contributed by atoms with Crippen molar-refractivity contribution in [3.8, 4) is 23.0 Å². The molecule has 30 heavy (non-hydrogen) atoms. The molecule has 0 aliphatic carbocycles. The molecule has 0 saturated heterocycles. The van der Waals surface area contributed by atoms with Crippen molar-refractivity contribution in [3.05, 3.63) is 89.9 Å². The molecule has 1 amide bonds. The summed E-state index contributed by atoms with van der Waals surface area (Å²) in [6.07, 6.45) is 3.96. The van der Waals surface area contributed by atoms with Crippen LogP contribution in [-0.2, 0) is 13.0 Å². The molecule has 1 N–H and O–H groups in total. The normalized spacial score (nSPS) is 13.0. The summed E-state index contributed by atoms with van der Waals surface area (Å²) in [4.78, 5) is 23.2. The van der Waals surface area contributed by atoms with E-state index in [1.165, 1.54) is 0 Å². The number of carbonyl (C=O) groups excluding carboxylic acids is 1. The van der Waals surface area contributed by atoms with Crippen molar-refractivity contribution in [1.29, 1.82) is 0 Å². The van der Waals surface area contributed by atoms with E-state index in [0.29, 0.717) is 24.4 Å². The molecule has 0 spiro atoms. The average molecular weight is 397 g/mol. The summed E-state index contributed by atoms with van der Waals surface area (Å²) in [5, 5.41) is 7.64. The van der Waals surface area contributed by atoms with Crippen molar-refractivity contribution < 1.29 is 9.53 Å². The van der Waals surface area contributed by atoms with Crippen LogP contribution in [0.2, 0.25) is 0 Å². The molecule has 1 aliphatic heterocycles. The first-order valence-corrected chi connectivity index (χ1v) is 9.74. The summed E-state index contributed by atoms with van der Waals surface area (Å²) >= 11 is 0. The van der Waals surface area contributed by atoms with Gasteiger partial charge in [-0.2, -0.15) is 5.10 Å². The van der Waals surface area contributed by atoms with E-state index in [9.17, 15) is 4.79 Å². The lowest BCUT2D eigenvalue weighted by atomic mass is 10.0. The largest absolute Gasteiger partial charge is 0.424 e. The van der Waals surface area contributed by atoms with Gasteiger partial charge in [-0.05, 0) is 24.3 Å². The van der Waals surface area contributed by atoms with Gasteiger partial charge in [0.15, 0.2) is 0 Å². The highest BCUT2D eigenvalue weighted by Crippen LogP contribution is 2.29. The van der Waals surface area contributed by atoms with Gasteiger partial charge in [-0.1, -0.05) is 36.4 Å². The van der Waals surface area contributed by atoms with Crippen LogP contribution >= 0.6 is 0 Å². The Labute approximate surface area is 173 Å². The minimum Gasteiger partial charge on any atom is -0.424 e. The topological polar surface area (TPSA) is 84.0 Å². The van der Waals surface area contributed by atoms with E-state index in [-0.39, 0.29) is 11.9 Å². The van der Waals surface area contributed by atoms with Gasteiger partial charge in [0.2, 0.25) is 0 Å². The Bertz CT molecular complexity index is 1170. The number of amides is 1. The summed E-state index contributed by atoms with van der Waals surface area (Å²) in [7, 11) is 0. The minimum absolute atomic E-state index is 0.0414. The van der Waals surface area contributed by atoms with Crippen LogP contribution in [0.5, 0.6) is 11.8 Å². The van der Waals surface area contributed by atoms with Gasteiger partial charge >= 0.3 is 6.01 Å². The number of H-pyrrole nitrogens is 1. The molecule has 148 valence electrons. The molecule has 0 atom stereocenters. The predicted molar refractivity (Wildman–Crippen MR) is 111 cm³/mol. The Kier molecular flexibility index (Phi) is 4.69. The Morgan fingerprint density at radius 1 is 1.00 bits per heavy atom. The van der Waals surface area contributed by atoms with E-state index >= 15 is 0 Å². The summed E-state index contributed by atoms with van der Waals surface area (Å²) in [6.45, 7) is 1.15. The van der Waals surface area contributed by atoms with Gasteiger partial charge in [0.1, 0.15) is 5.75 Å². The molecule has 7 nitrogen and oxygen atoms in total. The van der Waals surface area contributed by atoms with Gasteiger partial charge in [0, 0.05) is 54.3 Å². The predicted octanol–water partition coefficient (Wildman–Crippen LogP) is 3.86. The van der Waals surface area contributed by atoms with Crippen LogP contribution in [-0.4, -0.2) is 37.5 Å². The lowest BCUT2D eigenvalue weighted by Crippen LogP contribution is -2.35. The van der Waals surface area contributed by atoms with Crippen molar-refractivity contribution in [2.75, 3.05) is 6.54 Å². The van der Waals surface area contributed by atoms with E-state index in [4.69, 9.17) is 4.74 Å². The van der Waals surface area contributed by atoms with Crippen LogP contribution in [0, 0.1) is 0 Å². The maximum Gasteiger partial charge on any atom is 0.321 e. The van der Waals surface area contributed by atoms with Gasteiger partial charge in [-0.3, -0.25) is 9.89 Å². The van der Waals surface area contributed by atoms with E-state index in [1.807, 2.05) is 35.2 Å². The first kappa shape index (κ1) is 18.1. The number of rotatable bonds is 4. The van der Waals surface area contributed by atoms with Crippen LogP contribution in [0.15, 0.2) is 73.1 Å². The number of nitrogens with one attached hydrogen (secondary N) is 1. The van der Waals surface area contributed by atoms with Crippen molar-refractivity contribution in [2.45, 2.75) is 13.0 Å².